The maximum atomic E-state index is 7.14. The van der Waals surface area contributed by atoms with E-state index in [1.165, 1.54) is 30.9 Å². The molecule has 14 rings (SSSR count). The summed E-state index contributed by atoms with van der Waals surface area (Å²) in [5, 5.41) is 9.25. The summed E-state index contributed by atoms with van der Waals surface area (Å²) in [6, 6.07) is 78.3. The summed E-state index contributed by atoms with van der Waals surface area (Å²) < 4.78 is 18.8. The normalized spacial score (nSPS) is 12.0. The van der Waals surface area contributed by atoms with E-state index in [0.29, 0.717) is 0 Å². The highest BCUT2D eigenvalue weighted by atomic mass is 32.1. The average Bonchev–Trinajstić information content (AvgIpc) is 4.14. The molecule has 0 saturated carbocycles. The van der Waals surface area contributed by atoms with Crippen molar-refractivity contribution >= 4 is 114 Å². The number of aromatic nitrogens is 1. The first-order valence-electron chi connectivity index (χ1n) is 22.0. The molecule has 304 valence electrons. The predicted molar refractivity (Wildman–Crippen MR) is 274 cm³/mol. The molecule has 0 fully saturated rings. The molecule has 0 saturated heterocycles. The molecule has 4 aromatic heterocycles. The van der Waals surface area contributed by atoms with Gasteiger partial charge in [0.25, 0.3) is 0 Å². The number of hydrogen-bond donors (Lipinski definition) is 0. The van der Waals surface area contributed by atoms with Crippen molar-refractivity contribution in [2.75, 3.05) is 4.90 Å². The fraction of sp³-hybridized carbons (Fsp3) is 0. The van der Waals surface area contributed by atoms with E-state index < -0.39 is 0 Å². The van der Waals surface area contributed by atoms with E-state index in [4.69, 9.17) is 8.83 Å². The molecule has 0 radical (unpaired) electrons. The minimum Gasteiger partial charge on any atom is -0.455 e. The van der Waals surface area contributed by atoms with E-state index in [1.807, 2.05) is 17.4 Å². The van der Waals surface area contributed by atoms with Crippen LogP contribution < -0.4 is 4.90 Å². The van der Waals surface area contributed by atoms with Crippen LogP contribution in [-0.4, -0.2) is 4.57 Å². The number of hydrogen-bond acceptors (Lipinski definition) is 4. The van der Waals surface area contributed by atoms with Crippen molar-refractivity contribution in [1.29, 1.82) is 0 Å². The molecule has 0 aliphatic heterocycles. The van der Waals surface area contributed by atoms with E-state index in [-0.39, 0.29) is 0 Å². The van der Waals surface area contributed by atoms with Crippen molar-refractivity contribution in [3.8, 4) is 27.9 Å². The van der Waals surface area contributed by atoms with Crippen molar-refractivity contribution < 1.29 is 8.83 Å². The number of thiophene rings is 1. The lowest BCUT2D eigenvalue weighted by Crippen LogP contribution is -2.12. The highest BCUT2D eigenvalue weighted by Gasteiger charge is 2.28. The molecular weight excluding hydrogens is 813 g/mol. The second-order valence-corrected chi connectivity index (χ2v) is 17.8. The van der Waals surface area contributed by atoms with Gasteiger partial charge in [-0.3, -0.25) is 0 Å². The van der Waals surface area contributed by atoms with Gasteiger partial charge in [-0.15, -0.1) is 11.3 Å². The third-order valence-electron chi connectivity index (χ3n) is 13.2. The fourth-order valence-electron chi connectivity index (χ4n) is 10.4. The standard InChI is InChI=1S/C60H36N2O2S/c1-8-27-48-37(17-1)38-18-2-9-28-49(38)61(48)50-29-10-4-20-40(50)45-35-36-52(57-47-23-6-13-33-55(47)64-59(45)57)62(53-31-16-26-46-42-22-7-14-34-56(42)65-60(46)53)51-30-11-3-19-39(51)43-24-15-25-44-41-21-5-12-32-54(41)63-58(43)44/h1-36H. The van der Waals surface area contributed by atoms with Gasteiger partial charge in [-0.2, -0.15) is 0 Å². The molecule has 4 heterocycles. The predicted octanol–water partition coefficient (Wildman–Crippen LogP) is 17.8. The molecule has 0 aliphatic rings. The molecule has 0 amide bonds. The van der Waals surface area contributed by atoms with Gasteiger partial charge in [-0.05, 0) is 60.7 Å². The first-order valence-corrected chi connectivity index (χ1v) is 22.8. The molecule has 0 bridgehead atoms. The maximum absolute atomic E-state index is 7.14. The average molecular weight is 849 g/mol. The van der Waals surface area contributed by atoms with Gasteiger partial charge in [0, 0.05) is 64.7 Å². The van der Waals surface area contributed by atoms with Crippen LogP contribution in [0.1, 0.15) is 0 Å². The molecule has 0 atom stereocenters. The molecule has 10 aromatic carbocycles. The van der Waals surface area contributed by atoms with Gasteiger partial charge in [0.05, 0.1) is 43.9 Å². The number of rotatable bonds is 6. The molecular formula is C60H36N2O2S. The van der Waals surface area contributed by atoms with Crippen LogP contribution in [0, 0.1) is 0 Å². The van der Waals surface area contributed by atoms with Crippen LogP contribution in [-0.2, 0) is 0 Å². The number of benzene rings is 10. The summed E-state index contributed by atoms with van der Waals surface area (Å²) in [6.45, 7) is 0. The summed E-state index contributed by atoms with van der Waals surface area (Å²) in [6.07, 6.45) is 0. The molecule has 5 heteroatoms. The van der Waals surface area contributed by atoms with Crippen LogP contribution in [0.2, 0.25) is 0 Å². The van der Waals surface area contributed by atoms with Crippen LogP contribution in [0.4, 0.5) is 17.1 Å². The number of fused-ring (bicyclic) bond motifs is 12. The third kappa shape index (κ3) is 5.30. The van der Waals surface area contributed by atoms with Crippen LogP contribution in [0.15, 0.2) is 227 Å². The Morgan fingerprint density at radius 1 is 0.338 bits per heavy atom. The van der Waals surface area contributed by atoms with E-state index in [1.54, 1.807) is 0 Å². The smallest absolute Gasteiger partial charge is 0.145 e. The van der Waals surface area contributed by atoms with Gasteiger partial charge >= 0.3 is 0 Å². The molecule has 0 aliphatic carbocycles. The lowest BCUT2D eigenvalue weighted by atomic mass is 9.96. The zero-order chi connectivity index (χ0) is 42.6. The van der Waals surface area contributed by atoms with Crippen LogP contribution in [0.3, 0.4) is 0 Å². The Morgan fingerprint density at radius 3 is 1.69 bits per heavy atom. The highest BCUT2D eigenvalue weighted by Crippen LogP contribution is 2.52. The quantitative estimate of drug-likeness (QED) is 0.167. The van der Waals surface area contributed by atoms with Gasteiger partial charge in [0.15, 0.2) is 0 Å². The number of furan rings is 2. The minimum absolute atomic E-state index is 0.835. The Labute approximate surface area is 377 Å². The molecule has 4 nitrogen and oxygen atoms in total. The molecule has 14 aromatic rings. The topological polar surface area (TPSA) is 34.5 Å². The summed E-state index contributed by atoms with van der Waals surface area (Å²) in [5.74, 6) is 0. The van der Waals surface area contributed by atoms with Crippen LogP contribution in [0.5, 0.6) is 0 Å². The third-order valence-corrected chi connectivity index (χ3v) is 14.4. The van der Waals surface area contributed by atoms with Crippen molar-refractivity contribution in [2.24, 2.45) is 0 Å². The Balaban J connectivity index is 1.08. The Hall–Kier alpha value is -8.38. The van der Waals surface area contributed by atoms with Crippen LogP contribution in [0.25, 0.3) is 114 Å². The summed E-state index contributed by atoms with van der Waals surface area (Å²) in [7, 11) is 0. The molecule has 65 heavy (non-hydrogen) atoms. The maximum Gasteiger partial charge on any atom is 0.145 e. The summed E-state index contributed by atoms with van der Waals surface area (Å²) in [4.78, 5) is 2.47. The largest absolute Gasteiger partial charge is 0.455 e. The highest BCUT2D eigenvalue weighted by molar-refractivity contribution is 7.26. The summed E-state index contributed by atoms with van der Waals surface area (Å²) >= 11 is 1.84. The second kappa shape index (κ2) is 14.1. The minimum atomic E-state index is 0.835. The van der Waals surface area contributed by atoms with Gasteiger partial charge in [-0.25, -0.2) is 0 Å². The molecule has 0 unspecified atom stereocenters. The first-order chi connectivity index (χ1) is 32.3. The molecule has 0 spiro atoms. The van der Waals surface area contributed by atoms with Gasteiger partial charge in [0.1, 0.15) is 22.3 Å². The van der Waals surface area contributed by atoms with Crippen molar-refractivity contribution in [3.05, 3.63) is 218 Å². The first kappa shape index (κ1) is 36.1. The van der Waals surface area contributed by atoms with Crippen LogP contribution >= 0.6 is 11.3 Å². The van der Waals surface area contributed by atoms with Crippen molar-refractivity contribution in [1.82, 2.24) is 4.57 Å². The van der Waals surface area contributed by atoms with Crippen molar-refractivity contribution in [2.45, 2.75) is 0 Å². The number of anilines is 3. The lowest BCUT2D eigenvalue weighted by Gasteiger charge is -2.29. The SMILES string of the molecule is c1ccc(N(c2cccc3c2sc2ccccc23)c2ccc(-c3ccccc3-n3c4ccccc4c4ccccc43)c3oc4ccccc4c23)c(-c2cccc3c2oc2ccccc23)c1. The van der Waals surface area contributed by atoms with E-state index in [0.717, 1.165) is 99.9 Å². The number of nitrogens with zero attached hydrogens (tertiary/aromatic N) is 2. The Bertz CT molecular complexity index is 4170. The van der Waals surface area contributed by atoms with E-state index in [2.05, 4.69) is 222 Å². The fourth-order valence-corrected chi connectivity index (χ4v) is 11.6. The zero-order valence-electron chi connectivity index (χ0n) is 34.9. The second-order valence-electron chi connectivity index (χ2n) is 16.7. The zero-order valence-corrected chi connectivity index (χ0v) is 35.7. The summed E-state index contributed by atoms with van der Waals surface area (Å²) in [5.41, 5.74) is 14.2. The van der Waals surface area contributed by atoms with Gasteiger partial charge in [-0.1, -0.05) is 158 Å². The van der Waals surface area contributed by atoms with Crippen molar-refractivity contribution in [3.63, 3.8) is 0 Å². The lowest BCUT2D eigenvalue weighted by molar-refractivity contribution is 0.669. The van der Waals surface area contributed by atoms with E-state index in [9.17, 15) is 0 Å². The number of para-hydroxylation sites is 7. The van der Waals surface area contributed by atoms with Gasteiger partial charge < -0.3 is 18.3 Å². The Morgan fingerprint density at radius 2 is 0.877 bits per heavy atom. The van der Waals surface area contributed by atoms with E-state index >= 15 is 0 Å². The molecule has 0 N–H and O–H groups in total. The van der Waals surface area contributed by atoms with Gasteiger partial charge in [0.2, 0.25) is 0 Å². The monoisotopic (exact) mass is 848 g/mol. The Kier molecular flexibility index (Phi) is 7.82.